The lowest BCUT2D eigenvalue weighted by Crippen LogP contribution is -2.43. The zero-order chi connectivity index (χ0) is 14.7. The van der Waals surface area contributed by atoms with E-state index in [2.05, 4.69) is 47.9 Å². The molecule has 21 heavy (non-hydrogen) atoms. The Kier molecular flexibility index (Phi) is 4.29. The van der Waals surface area contributed by atoms with Crippen LogP contribution in [0, 0.1) is 0 Å². The molecule has 3 N–H and O–H groups in total. The number of hydrogen-bond acceptors (Lipinski definition) is 2. The van der Waals surface area contributed by atoms with Gasteiger partial charge in [-0.1, -0.05) is 66.9 Å². The lowest BCUT2D eigenvalue weighted by atomic mass is 9.70. The predicted molar refractivity (Wildman–Crippen MR) is 88.1 cm³/mol. The van der Waals surface area contributed by atoms with Gasteiger partial charge in [0.25, 0.3) is 0 Å². The van der Waals surface area contributed by atoms with Crippen LogP contribution in [0.25, 0.3) is 0 Å². The highest BCUT2D eigenvalue weighted by molar-refractivity contribution is 6.30. The Morgan fingerprint density at radius 3 is 2.14 bits per heavy atom. The number of hydrogen-bond donors (Lipinski definition) is 2. The van der Waals surface area contributed by atoms with Crippen LogP contribution < -0.4 is 11.3 Å². The van der Waals surface area contributed by atoms with Crippen molar-refractivity contribution in [3.05, 3.63) is 70.7 Å². The fraction of sp³-hybridized carbons (Fsp3) is 0.333. The molecule has 2 nitrogen and oxygen atoms in total. The summed E-state index contributed by atoms with van der Waals surface area (Å²) in [5.74, 6) is 5.96. The smallest absolute Gasteiger partial charge is 0.0556 e. The van der Waals surface area contributed by atoms with Gasteiger partial charge in [-0.25, -0.2) is 0 Å². The first-order valence-corrected chi connectivity index (χ1v) is 7.91. The number of halogens is 1. The number of hydrazine groups is 1. The summed E-state index contributed by atoms with van der Waals surface area (Å²) in [5, 5.41) is 0.759. The van der Waals surface area contributed by atoms with E-state index in [1.807, 2.05) is 12.1 Å². The maximum Gasteiger partial charge on any atom is 0.0556 e. The van der Waals surface area contributed by atoms with Gasteiger partial charge in [0.2, 0.25) is 0 Å². The van der Waals surface area contributed by atoms with Crippen LogP contribution in [0.3, 0.4) is 0 Å². The molecule has 0 saturated heterocycles. The van der Waals surface area contributed by atoms with Crippen LogP contribution in [0.1, 0.15) is 42.9 Å². The molecule has 1 unspecified atom stereocenters. The van der Waals surface area contributed by atoms with Crippen molar-refractivity contribution in [3.8, 4) is 0 Å². The summed E-state index contributed by atoms with van der Waals surface area (Å²) in [7, 11) is 0. The van der Waals surface area contributed by atoms with E-state index >= 15 is 0 Å². The molecule has 0 heterocycles. The normalized spacial score (nSPS) is 18.6. The minimum Gasteiger partial charge on any atom is -0.271 e. The zero-order valence-electron chi connectivity index (χ0n) is 12.1. The molecule has 1 aliphatic carbocycles. The molecular formula is C18H21ClN2. The summed E-state index contributed by atoms with van der Waals surface area (Å²) in [6.45, 7) is 0. The monoisotopic (exact) mass is 300 g/mol. The van der Waals surface area contributed by atoms with Crippen LogP contribution in [-0.4, -0.2) is 0 Å². The van der Waals surface area contributed by atoms with E-state index in [-0.39, 0.29) is 11.5 Å². The van der Waals surface area contributed by atoms with Gasteiger partial charge in [0.05, 0.1) is 6.04 Å². The lowest BCUT2D eigenvalue weighted by molar-refractivity contribution is 0.303. The standard InChI is InChI=1S/C18H21ClN2/c19-16-10-8-14(9-11-16)17(21-20)18(12-4-5-13-18)15-6-2-1-3-7-15/h1-3,6-11,17,21H,4-5,12-13,20H2. The summed E-state index contributed by atoms with van der Waals surface area (Å²) in [4.78, 5) is 0. The van der Waals surface area contributed by atoms with Crippen molar-refractivity contribution in [2.24, 2.45) is 5.84 Å². The Bertz CT molecular complexity index is 574. The molecule has 2 aromatic rings. The first kappa shape index (κ1) is 14.6. The molecule has 0 radical (unpaired) electrons. The quantitative estimate of drug-likeness (QED) is 0.650. The Morgan fingerprint density at radius 2 is 1.57 bits per heavy atom. The molecule has 1 aliphatic rings. The van der Waals surface area contributed by atoms with Crippen molar-refractivity contribution < 1.29 is 0 Å². The van der Waals surface area contributed by atoms with E-state index < -0.39 is 0 Å². The number of rotatable bonds is 4. The fourth-order valence-electron chi connectivity index (χ4n) is 3.75. The van der Waals surface area contributed by atoms with Crippen LogP contribution in [0.2, 0.25) is 5.02 Å². The summed E-state index contributed by atoms with van der Waals surface area (Å²) >= 11 is 6.02. The number of nitrogens with two attached hydrogens (primary N) is 1. The van der Waals surface area contributed by atoms with Gasteiger partial charge in [-0.05, 0) is 36.1 Å². The van der Waals surface area contributed by atoms with Gasteiger partial charge in [0.1, 0.15) is 0 Å². The van der Waals surface area contributed by atoms with Crippen molar-refractivity contribution in [2.75, 3.05) is 0 Å². The van der Waals surface area contributed by atoms with Crippen LogP contribution in [0.4, 0.5) is 0 Å². The lowest BCUT2D eigenvalue weighted by Gasteiger charge is -2.38. The number of benzene rings is 2. The van der Waals surface area contributed by atoms with E-state index in [0.717, 1.165) is 17.9 Å². The Morgan fingerprint density at radius 1 is 0.952 bits per heavy atom. The second kappa shape index (κ2) is 6.18. The van der Waals surface area contributed by atoms with E-state index in [9.17, 15) is 0 Å². The molecule has 2 aromatic carbocycles. The summed E-state index contributed by atoms with van der Waals surface area (Å²) in [5.41, 5.74) is 5.73. The highest BCUT2D eigenvalue weighted by Gasteiger charge is 2.42. The molecule has 1 saturated carbocycles. The highest BCUT2D eigenvalue weighted by atomic mass is 35.5. The van der Waals surface area contributed by atoms with E-state index in [1.54, 1.807) is 0 Å². The third-order valence-electron chi connectivity index (χ3n) is 4.77. The third-order valence-corrected chi connectivity index (χ3v) is 5.02. The van der Waals surface area contributed by atoms with Crippen molar-refractivity contribution in [1.29, 1.82) is 0 Å². The maximum atomic E-state index is 6.02. The van der Waals surface area contributed by atoms with Crippen LogP contribution in [0.15, 0.2) is 54.6 Å². The molecule has 3 heteroatoms. The molecule has 0 amide bonds. The van der Waals surface area contributed by atoms with Crippen molar-refractivity contribution >= 4 is 11.6 Å². The SMILES string of the molecule is NNC(c1ccc(Cl)cc1)C1(c2ccccc2)CCCC1. The van der Waals surface area contributed by atoms with E-state index in [4.69, 9.17) is 17.4 Å². The number of nitrogens with one attached hydrogen (secondary N) is 1. The van der Waals surface area contributed by atoms with Crippen molar-refractivity contribution in [2.45, 2.75) is 37.1 Å². The summed E-state index contributed by atoms with van der Waals surface area (Å²) in [6.07, 6.45) is 4.82. The first-order valence-electron chi connectivity index (χ1n) is 7.53. The van der Waals surface area contributed by atoms with Crippen LogP contribution in [0.5, 0.6) is 0 Å². The molecule has 0 bridgehead atoms. The van der Waals surface area contributed by atoms with Gasteiger partial charge < -0.3 is 0 Å². The van der Waals surface area contributed by atoms with Gasteiger partial charge in [-0.3, -0.25) is 11.3 Å². The average Bonchev–Trinajstić information content (AvgIpc) is 3.01. The fourth-order valence-corrected chi connectivity index (χ4v) is 3.88. The predicted octanol–water partition coefficient (Wildman–Crippen LogP) is 4.36. The molecule has 110 valence electrons. The Balaban J connectivity index is 2.04. The minimum absolute atomic E-state index is 0.0733. The topological polar surface area (TPSA) is 38.0 Å². The van der Waals surface area contributed by atoms with Crippen molar-refractivity contribution in [3.63, 3.8) is 0 Å². The second-order valence-electron chi connectivity index (χ2n) is 5.88. The summed E-state index contributed by atoms with van der Waals surface area (Å²) < 4.78 is 0. The average molecular weight is 301 g/mol. The molecule has 3 rings (SSSR count). The largest absolute Gasteiger partial charge is 0.271 e. The van der Waals surface area contributed by atoms with Crippen LogP contribution in [-0.2, 0) is 5.41 Å². The molecule has 0 aliphatic heterocycles. The van der Waals surface area contributed by atoms with Gasteiger partial charge in [-0.15, -0.1) is 0 Å². The van der Waals surface area contributed by atoms with Gasteiger partial charge in [0, 0.05) is 10.4 Å². The van der Waals surface area contributed by atoms with Crippen molar-refractivity contribution in [1.82, 2.24) is 5.43 Å². The van der Waals surface area contributed by atoms with Crippen LogP contribution >= 0.6 is 11.6 Å². The van der Waals surface area contributed by atoms with E-state index in [1.165, 1.54) is 24.0 Å². The van der Waals surface area contributed by atoms with Gasteiger partial charge in [0.15, 0.2) is 0 Å². The van der Waals surface area contributed by atoms with Gasteiger partial charge >= 0.3 is 0 Å². The first-order chi connectivity index (χ1) is 10.3. The second-order valence-corrected chi connectivity index (χ2v) is 6.32. The van der Waals surface area contributed by atoms with Gasteiger partial charge in [-0.2, -0.15) is 0 Å². The summed E-state index contributed by atoms with van der Waals surface area (Å²) in [6, 6.07) is 18.9. The molecule has 1 atom stereocenters. The molecule has 0 aromatic heterocycles. The third kappa shape index (κ3) is 2.71. The molecule has 0 spiro atoms. The Hall–Kier alpha value is -1.35. The highest BCUT2D eigenvalue weighted by Crippen LogP contribution is 2.49. The molecular weight excluding hydrogens is 280 g/mol. The Labute approximate surface area is 131 Å². The molecule has 1 fully saturated rings. The van der Waals surface area contributed by atoms with E-state index in [0.29, 0.717) is 0 Å². The zero-order valence-corrected chi connectivity index (χ0v) is 12.8. The minimum atomic E-state index is 0.0733. The maximum absolute atomic E-state index is 6.02.